The fourth-order valence-corrected chi connectivity index (χ4v) is 1.66. The number of hydrogen-bond donors (Lipinski definition) is 2. The summed E-state index contributed by atoms with van der Waals surface area (Å²) in [6.07, 6.45) is 1.43. The maximum absolute atomic E-state index is 12.1. The van der Waals surface area contributed by atoms with Crippen molar-refractivity contribution in [1.29, 1.82) is 5.26 Å². The molecule has 22 heavy (non-hydrogen) atoms. The van der Waals surface area contributed by atoms with Gasteiger partial charge in [0.1, 0.15) is 11.6 Å². The molecular weight excluding hydrogens is 282 g/mol. The zero-order valence-corrected chi connectivity index (χ0v) is 13.3. The first-order valence-electron chi connectivity index (χ1n) is 6.88. The Morgan fingerprint density at radius 2 is 2.00 bits per heavy atom. The zero-order valence-electron chi connectivity index (χ0n) is 13.3. The average molecular weight is 303 g/mol. The summed E-state index contributed by atoms with van der Waals surface area (Å²) in [5.41, 5.74) is 0.531. The molecule has 2 N–H and O–H groups in total. The molecule has 0 heterocycles. The van der Waals surface area contributed by atoms with Gasteiger partial charge in [0, 0.05) is 24.5 Å². The third-order valence-corrected chi connectivity index (χ3v) is 2.78. The largest absolute Gasteiger partial charge is 0.493 e. The quantitative estimate of drug-likeness (QED) is 0.596. The Bertz CT molecular complexity index is 589. The molecule has 1 aromatic carbocycles. The van der Waals surface area contributed by atoms with Crippen molar-refractivity contribution in [3.05, 3.63) is 30.0 Å². The highest BCUT2D eigenvalue weighted by atomic mass is 16.5. The Kier molecular flexibility index (Phi) is 6.77. The molecule has 118 valence electrons. The topological polar surface area (TPSA) is 83.4 Å². The number of methoxy groups -OCH3 is 2. The van der Waals surface area contributed by atoms with Gasteiger partial charge in [-0.1, -0.05) is 13.8 Å². The number of nitriles is 1. The number of carbonyl (C=O) groups excluding carboxylic acids is 1. The number of benzene rings is 1. The van der Waals surface area contributed by atoms with Crippen LogP contribution < -0.4 is 20.1 Å². The molecule has 0 fully saturated rings. The van der Waals surface area contributed by atoms with E-state index in [1.807, 2.05) is 19.9 Å². The molecule has 0 radical (unpaired) electrons. The molecule has 0 aliphatic rings. The molecule has 0 aliphatic carbocycles. The van der Waals surface area contributed by atoms with Gasteiger partial charge < -0.3 is 20.1 Å². The van der Waals surface area contributed by atoms with E-state index in [-0.39, 0.29) is 5.57 Å². The number of ether oxygens (including phenoxy) is 2. The lowest BCUT2D eigenvalue weighted by molar-refractivity contribution is -0.112. The normalized spacial score (nSPS) is 10.8. The minimum atomic E-state index is -0.481. The molecule has 1 aromatic rings. The lowest BCUT2D eigenvalue weighted by atomic mass is 10.2. The highest BCUT2D eigenvalue weighted by Gasteiger charge is 2.11. The molecule has 0 atom stereocenters. The highest BCUT2D eigenvalue weighted by molar-refractivity contribution is 6.06. The van der Waals surface area contributed by atoms with Crippen LogP contribution in [0.2, 0.25) is 0 Å². The van der Waals surface area contributed by atoms with E-state index in [1.54, 1.807) is 18.2 Å². The van der Waals surface area contributed by atoms with Crippen LogP contribution in [0.25, 0.3) is 0 Å². The molecule has 0 saturated carbocycles. The fourth-order valence-electron chi connectivity index (χ4n) is 1.66. The van der Waals surface area contributed by atoms with Gasteiger partial charge in [-0.25, -0.2) is 0 Å². The smallest absolute Gasteiger partial charge is 0.267 e. The number of rotatable bonds is 7. The summed E-state index contributed by atoms with van der Waals surface area (Å²) in [5.74, 6) is 1.01. The first-order chi connectivity index (χ1) is 10.5. The molecule has 6 heteroatoms. The van der Waals surface area contributed by atoms with Crippen LogP contribution in [0.5, 0.6) is 11.5 Å². The molecule has 0 aliphatic heterocycles. The van der Waals surface area contributed by atoms with Gasteiger partial charge in [-0.2, -0.15) is 5.26 Å². The van der Waals surface area contributed by atoms with Crippen LogP contribution >= 0.6 is 0 Å². The Hall–Kier alpha value is -2.68. The summed E-state index contributed by atoms with van der Waals surface area (Å²) in [4.78, 5) is 12.1. The number of hydrogen-bond acceptors (Lipinski definition) is 5. The Balaban J connectivity index is 2.80. The van der Waals surface area contributed by atoms with E-state index in [0.717, 1.165) is 0 Å². The monoisotopic (exact) mass is 303 g/mol. The Labute approximate surface area is 130 Å². The van der Waals surface area contributed by atoms with E-state index in [2.05, 4.69) is 10.6 Å². The lowest BCUT2D eigenvalue weighted by Crippen LogP contribution is -2.19. The molecule has 0 saturated heterocycles. The van der Waals surface area contributed by atoms with Crippen molar-refractivity contribution in [1.82, 2.24) is 5.32 Å². The van der Waals surface area contributed by atoms with Gasteiger partial charge in [0.2, 0.25) is 0 Å². The van der Waals surface area contributed by atoms with Crippen molar-refractivity contribution in [3.8, 4) is 17.6 Å². The van der Waals surface area contributed by atoms with Crippen molar-refractivity contribution < 1.29 is 14.3 Å². The first kappa shape index (κ1) is 17.4. The van der Waals surface area contributed by atoms with Crippen LogP contribution in [0, 0.1) is 17.2 Å². The van der Waals surface area contributed by atoms with E-state index >= 15 is 0 Å². The zero-order chi connectivity index (χ0) is 16.5. The maximum atomic E-state index is 12.1. The lowest BCUT2D eigenvalue weighted by Gasteiger charge is -2.10. The third-order valence-electron chi connectivity index (χ3n) is 2.78. The molecule has 1 amide bonds. The molecule has 0 aromatic heterocycles. The van der Waals surface area contributed by atoms with Gasteiger partial charge in [-0.15, -0.1) is 0 Å². The van der Waals surface area contributed by atoms with Crippen molar-refractivity contribution in [3.63, 3.8) is 0 Å². The minimum Gasteiger partial charge on any atom is -0.493 e. The van der Waals surface area contributed by atoms with Gasteiger partial charge in [-0.05, 0) is 18.1 Å². The molecule has 0 spiro atoms. The fraction of sp³-hybridized carbons (Fsp3) is 0.375. The van der Waals surface area contributed by atoms with E-state index in [9.17, 15) is 4.79 Å². The summed E-state index contributed by atoms with van der Waals surface area (Å²) in [6, 6.07) is 6.87. The van der Waals surface area contributed by atoms with Crippen LogP contribution in [-0.2, 0) is 4.79 Å². The van der Waals surface area contributed by atoms with Crippen LogP contribution in [-0.4, -0.2) is 26.7 Å². The van der Waals surface area contributed by atoms with E-state index in [4.69, 9.17) is 14.7 Å². The summed E-state index contributed by atoms with van der Waals surface area (Å²) < 4.78 is 10.3. The summed E-state index contributed by atoms with van der Waals surface area (Å²) in [5, 5.41) is 14.7. The Morgan fingerprint density at radius 1 is 1.32 bits per heavy atom. The number of nitrogens with zero attached hydrogens (tertiary/aromatic N) is 1. The molecule has 0 unspecified atom stereocenters. The molecule has 1 rings (SSSR count). The molecular formula is C16H21N3O3. The predicted molar refractivity (Wildman–Crippen MR) is 84.7 cm³/mol. The van der Waals surface area contributed by atoms with Crippen molar-refractivity contribution in [2.45, 2.75) is 13.8 Å². The van der Waals surface area contributed by atoms with Gasteiger partial charge in [0.05, 0.1) is 14.2 Å². The van der Waals surface area contributed by atoms with Crippen LogP contribution in [0.15, 0.2) is 30.0 Å². The summed E-state index contributed by atoms with van der Waals surface area (Å²) >= 11 is 0. The highest BCUT2D eigenvalue weighted by Crippen LogP contribution is 2.29. The van der Waals surface area contributed by atoms with E-state index < -0.39 is 5.91 Å². The standard InChI is InChI=1S/C16H21N3O3/c1-11(2)9-18-10-12(8-17)16(20)19-13-5-6-14(21-3)15(7-13)22-4/h5-7,10-11,18H,9H2,1-4H3,(H,19,20)/b12-10-. The second-order valence-corrected chi connectivity index (χ2v) is 5.00. The van der Waals surface area contributed by atoms with Gasteiger partial charge in [-0.3, -0.25) is 4.79 Å². The first-order valence-corrected chi connectivity index (χ1v) is 6.88. The summed E-state index contributed by atoms with van der Waals surface area (Å²) in [7, 11) is 3.05. The predicted octanol–water partition coefficient (Wildman–Crippen LogP) is 2.30. The average Bonchev–Trinajstić information content (AvgIpc) is 2.50. The number of amides is 1. The molecule has 0 bridgehead atoms. The van der Waals surface area contributed by atoms with Gasteiger partial charge in [0.25, 0.3) is 5.91 Å². The van der Waals surface area contributed by atoms with Crippen molar-refractivity contribution in [2.75, 3.05) is 26.1 Å². The van der Waals surface area contributed by atoms with Crippen LogP contribution in [0.1, 0.15) is 13.8 Å². The Morgan fingerprint density at radius 3 is 2.55 bits per heavy atom. The van der Waals surface area contributed by atoms with Gasteiger partial charge in [0.15, 0.2) is 11.5 Å². The number of nitrogens with one attached hydrogen (secondary N) is 2. The minimum absolute atomic E-state index is 0.00966. The van der Waals surface area contributed by atoms with Crippen LogP contribution in [0.3, 0.4) is 0 Å². The van der Waals surface area contributed by atoms with Gasteiger partial charge >= 0.3 is 0 Å². The maximum Gasteiger partial charge on any atom is 0.267 e. The van der Waals surface area contributed by atoms with Crippen LogP contribution in [0.4, 0.5) is 5.69 Å². The van der Waals surface area contributed by atoms with E-state index in [0.29, 0.717) is 29.6 Å². The number of anilines is 1. The number of carbonyl (C=O) groups is 1. The SMILES string of the molecule is COc1ccc(NC(=O)/C(C#N)=C\NCC(C)C)cc1OC. The third kappa shape index (κ3) is 5.02. The second-order valence-electron chi connectivity index (χ2n) is 5.00. The second kappa shape index (κ2) is 8.57. The van der Waals surface area contributed by atoms with E-state index in [1.165, 1.54) is 20.4 Å². The van der Waals surface area contributed by atoms with Crippen molar-refractivity contribution in [2.24, 2.45) is 5.92 Å². The summed E-state index contributed by atoms with van der Waals surface area (Å²) in [6.45, 7) is 4.77. The van der Waals surface area contributed by atoms with Crippen molar-refractivity contribution >= 4 is 11.6 Å². The molecule has 6 nitrogen and oxygen atoms in total.